The third-order valence-corrected chi connectivity index (χ3v) is 16.5. The molecule has 1 aromatic heterocycles. The van der Waals surface area contributed by atoms with Crippen LogP contribution in [-0.2, 0) is 10.8 Å². The first-order valence-corrected chi connectivity index (χ1v) is 24.3. The van der Waals surface area contributed by atoms with Crippen LogP contribution < -0.4 is 4.74 Å². The van der Waals surface area contributed by atoms with E-state index in [1.807, 2.05) is 0 Å². The van der Waals surface area contributed by atoms with Crippen molar-refractivity contribution in [2.75, 3.05) is 0 Å². The summed E-state index contributed by atoms with van der Waals surface area (Å²) in [5, 5.41) is 0. The van der Waals surface area contributed by atoms with Gasteiger partial charge < -0.3 is 4.74 Å². The minimum absolute atomic E-state index is 0.302. The Kier molecular flexibility index (Phi) is 8.56. The van der Waals surface area contributed by atoms with Crippen LogP contribution >= 0.6 is 0 Å². The van der Waals surface area contributed by atoms with Gasteiger partial charge in [-0.2, -0.15) is 0 Å². The lowest BCUT2D eigenvalue weighted by Crippen LogP contribution is -2.34. The van der Waals surface area contributed by atoms with E-state index in [1.165, 1.54) is 71.0 Å². The number of benzene rings is 8. The highest BCUT2D eigenvalue weighted by molar-refractivity contribution is 5.90. The van der Waals surface area contributed by atoms with Crippen LogP contribution in [0.1, 0.15) is 66.8 Å². The van der Waals surface area contributed by atoms with E-state index in [9.17, 15) is 0 Å². The molecular weight excluding hydrogens is 815 g/mol. The van der Waals surface area contributed by atoms with Crippen LogP contribution in [0, 0.1) is 23.7 Å². The van der Waals surface area contributed by atoms with Gasteiger partial charge in [-0.3, -0.25) is 0 Å². The quantitative estimate of drug-likeness (QED) is 0.167. The van der Waals surface area contributed by atoms with E-state index in [1.54, 1.807) is 0 Å². The number of aromatic nitrogens is 3. The highest BCUT2D eigenvalue weighted by Crippen LogP contribution is 2.65. The molecule has 5 aliphatic rings. The summed E-state index contributed by atoms with van der Waals surface area (Å²) in [6.07, 6.45) is 6.87. The van der Waals surface area contributed by atoms with E-state index in [-0.39, 0.29) is 0 Å². The Morgan fingerprint density at radius 3 is 1.67 bits per heavy atom. The molecule has 1 aliphatic heterocycles. The van der Waals surface area contributed by atoms with E-state index in [0.717, 1.165) is 74.1 Å². The fourth-order valence-electron chi connectivity index (χ4n) is 13.6. The summed E-state index contributed by atoms with van der Waals surface area (Å²) in [5.41, 5.74) is 16.2. The fraction of sp³-hybridized carbons (Fsp3) is 0.190. The molecule has 67 heavy (non-hydrogen) atoms. The van der Waals surface area contributed by atoms with Crippen molar-refractivity contribution in [3.8, 4) is 79.0 Å². The second kappa shape index (κ2) is 14.8. The summed E-state index contributed by atoms with van der Waals surface area (Å²) in [7, 11) is 0. The molecular formula is C63H49N3O. The number of rotatable bonds is 6. The lowest BCUT2D eigenvalue weighted by molar-refractivity contribution is 0.0780. The lowest BCUT2D eigenvalue weighted by atomic mass is 9.63. The molecule has 3 unspecified atom stereocenters. The van der Waals surface area contributed by atoms with E-state index >= 15 is 0 Å². The van der Waals surface area contributed by atoms with Gasteiger partial charge in [0.25, 0.3) is 0 Å². The number of hydrogen-bond donors (Lipinski definition) is 0. The van der Waals surface area contributed by atoms with Gasteiger partial charge in [0.15, 0.2) is 17.5 Å². The van der Waals surface area contributed by atoms with E-state index < -0.39 is 5.41 Å². The van der Waals surface area contributed by atoms with Crippen LogP contribution in [-0.4, -0.2) is 15.0 Å². The average Bonchev–Trinajstić information content (AvgIpc) is 3.80. The maximum atomic E-state index is 6.60. The van der Waals surface area contributed by atoms with Crippen molar-refractivity contribution in [3.63, 3.8) is 0 Å². The first-order valence-electron chi connectivity index (χ1n) is 24.3. The smallest absolute Gasteiger partial charge is 0.164 e. The molecule has 9 aromatic rings. The molecule has 322 valence electrons. The molecule has 0 amide bonds. The van der Waals surface area contributed by atoms with Crippen molar-refractivity contribution in [1.29, 1.82) is 0 Å². The van der Waals surface area contributed by atoms with Gasteiger partial charge in [0, 0.05) is 27.8 Å². The Bertz CT molecular complexity index is 3360. The van der Waals surface area contributed by atoms with Gasteiger partial charge in [-0.15, -0.1) is 0 Å². The summed E-state index contributed by atoms with van der Waals surface area (Å²) >= 11 is 0. The van der Waals surface area contributed by atoms with Gasteiger partial charge in [0.1, 0.15) is 11.5 Å². The fourth-order valence-corrected chi connectivity index (χ4v) is 13.6. The van der Waals surface area contributed by atoms with Crippen molar-refractivity contribution in [3.05, 3.63) is 222 Å². The summed E-state index contributed by atoms with van der Waals surface area (Å²) in [6, 6.07) is 70.2. The largest absolute Gasteiger partial charge is 0.457 e. The van der Waals surface area contributed by atoms with E-state index in [4.69, 9.17) is 19.7 Å². The second-order valence-corrected chi connectivity index (χ2v) is 20.2. The highest BCUT2D eigenvalue weighted by Gasteiger charge is 2.57. The predicted molar refractivity (Wildman–Crippen MR) is 269 cm³/mol. The third kappa shape index (κ3) is 5.94. The van der Waals surface area contributed by atoms with Crippen molar-refractivity contribution in [1.82, 2.24) is 15.0 Å². The number of ether oxygens (including phenoxy) is 1. The molecule has 4 heteroatoms. The van der Waals surface area contributed by atoms with Gasteiger partial charge in [-0.25, -0.2) is 15.0 Å². The zero-order chi connectivity index (χ0) is 44.3. The van der Waals surface area contributed by atoms with E-state index in [0.29, 0.717) is 22.9 Å². The maximum Gasteiger partial charge on any atom is 0.164 e. The SMILES string of the molecule is C[C@H]1CC2C[C@H]3CC(c4ccc(-c5nc(-c6ccc(-c7ccc8c(c7)C7(c9ccccc9Oc9ccccc97)c7ccccc7-8)cc6)nc(-c6cccc(-c7ccccc7)c6)n5)cc4)(CC23)C1. The lowest BCUT2D eigenvalue weighted by Gasteiger charge is -2.42. The van der Waals surface area contributed by atoms with Crippen LogP contribution in [0.15, 0.2) is 194 Å². The average molecular weight is 864 g/mol. The number of fused-ring (bicyclic) bond motifs is 10. The highest BCUT2D eigenvalue weighted by atomic mass is 16.5. The standard InChI is InChI=1S/C63H49N3O/c1-39-32-47-34-48-37-62(36-39,38-52(47)48)49-29-26-43(27-30-49)60-64-59(65-61(66-60)46-15-11-14-44(33-46)40-12-3-2-4-13-40)42-24-22-41(23-25-42)45-28-31-51-50-16-5-6-17-53(50)63(56(51)35-45)54-18-7-9-20-57(54)67-58-21-10-8-19-55(58)63/h2-31,33,35,39,47-48,52H,32,34,36-38H2,1H3/t39-,47?,48-,52?,62?/m0/s1. The zero-order valence-corrected chi connectivity index (χ0v) is 37.6. The Labute approximate surface area is 392 Å². The summed E-state index contributed by atoms with van der Waals surface area (Å²) in [6.45, 7) is 2.49. The Hall–Kier alpha value is -7.43. The molecule has 2 heterocycles. The normalized spacial score (nSPS) is 22.1. The van der Waals surface area contributed by atoms with E-state index in [2.05, 4.69) is 201 Å². The molecule has 0 radical (unpaired) electrons. The molecule has 1 spiro atoms. The van der Waals surface area contributed by atoms with Crippen LogP contribution in [0.3, 0.4) is 0 Å². The Morgan fingerprint density at radius 2 is 0.940 bits per heavy atom. The minimum atomic E-state index is -0.519. The first kappa shape index (κ1) is 38.8. The molecule has 0 saturated heterocycles. The topological polar surface area (TPSA) is 47.9 Å². The first-order chi connectivity index (χ1) is 33.0. The molecule has 3 saturated carbocycles. The van der Waals surface area contributed by atoms with Crippen LogP contribution in [0.25, 0.3) is 67.5 Å². The predicted octanol–water partition coefficient (Wildman–Crippen LogP) is 15.4. The molecule has 8 aromatic carbocycles. The van der Waals surface area contributed by atoms with Gasteiger partial charge >= 0.3 is 0 Å². The summed E-state index contributed by atoms with van der Waals surface area (Å²) < 4.78 is 6.60. The van der Waals surface area contributed by atoms with Gasteiger partial charge in [-0.05, 0) is 136 Å². The molecule has 5 atom stereocenters. The van der Waals surface area contributed by atoms with Crippen molar-refractivity contribution in [2.45, 2.75) is 49.9 Å². The zero-order valence-electron chi connectivity index (χ0n) is 37.6. The van der Waals surface area contributed by atoms with Crippen molar-refractivity contribution < 1.29 is 4.74 Å². The summed E-state index contributed by atoms with van der Waals surface area (Å²) in [4.78, 5) is 15.7. The van der Waals surface area contributed by atoms with Gasteiger partial charge in [0.2, 0.25) is 0 Å². The second-order valence-electron chi connectivity index (χ2n) is 20.2. The molecule has 0 N–H and O–H groups in total. The number of hydrogen-bond acceptors (Lipinski definition) is 4. The van der Waals surface area contributed by atoms with Crippen molar-refractivity contribution >= 4 is 0 Å². The molecule has 4 nitrogen and oxygen atoms in total. The monoisotopic (exact) mass is 863 g/mol. The Morgan fingerprint density at radius 1 is 0.403 bits per heavy atom. The minimum Gasteiger partial charge on any atom is -0.457 e. The number of para-hydroxylation sites is 2. The number of nitrogens with zero attached hydrogens (tertiary/aromatic N) is 3. The van der Waals surface area contributed by atoms with Gasteiger partial charge in [0.05, 0.1) is 5.41 Å². The molecule has 3 fully saturated rings. The molecule has 2 bridgehead atoms. The van der Waals surface area contributed by atoms with Crippen LogP contribution in [0.4, 0.5) is 0 Å². The van der Waals surface area contributed by atoms with Gasteiger partial charge in [-0.1, -0.05) is 177 Å². The third-order valence-electron chi connectivity index (χ3n) is 16.5. The molecule has 4 aliphatic carbocycles. The maximum absolute atomic E-state index is 6.60. The van der Waals surface area contributed by atoms with Crippen molar-refractivity contribution in [2.24, 2.45) is 23.7 Å². The van der Waals surface area contributed by atoms with Crippen LogP contribution in [0.5, 0.6) is 11.5 Å². The molecule has 14 rings (SSSR count). The van der Waals surface area contributed by atoms with Crippen LogP contribution in [0.2, 0.25) is 0 Å². The summed E-state index contributed by atoms with van der Waals surface area (Å²) in [5.74, 6) is 7.39. The Balaban J connectivity index is 0.861.